The minimum absolute atomic E-state index is 0.110. The number of anilines is 1. The van der Waals surface area contributed by atoms with Gasteiger partial charge in [0.2, 0.25) is 5.91 Å². The molecule has 4 nitrogen and oxygen atoms in total. The van der Waals surface area contributed by atoms with Gasteiger partial charge < -0.3 is 10.4 Å². The van der Waals surface area contributed by atoms with Crippen molar-refractivity contribution < 1.29 is 9.90 Å². The maximum absolute atomic E-state index is 11.9. The zero-order valence-corrected chi connectivity index (χ0v) is 13.8. The molecule has 0 fully saturated rings. The number of carbonyl (C=O) groups excluding carboxylic acids is 1. The van der Waals surface area contributed by atoms with Crippen LogP contribution in [-0.2, 0) is 4.79 Å². The Hall–Kier alpha value is -0.520. The average molecular weight is 340 g/mol. The highest BCUT2D eigenvalue weighted by molar-refractivity contribution is 6.42. The minimum Gasteiger partial charge on any atom is -0.389 e. The smallest absolute Gasteiger partial charge is 0.238 e. The second kappa shape index (κ2) is 6.96. The predicted molar refractivity (Wildman–Crippen MR) is 83.9 cm³/mol. The van der Waals surface area contributed by atoms with Gasteiger partial charge in [-0.2, -0.15) is 0 Å². The SMILES string of the molecule is CN(CC(=O)Nc1c(Cl)cc(Cl)cc1Cl)CC(C)(C)O. The summed E-state index contributed by atoms with van der Waals surface area (Å²) in [5, 5.41) is 13.3. The van der Waals surface area contributed by atoms with Crippen LogP contribution in [0.25, 0.3) is 0 Å². The zero-order chi connectivity index (χ0) is 15.5. The summed E-state index contributed by atoms with van der Waals surface area (Å²) in [5.41, 5.74) is -0.538. The van der Waals surface area contributed by atoms with Gasteiger partial charge in [-0.3, -0.25) is 9.69 Å². The Morgan fingerprint density at radius 1 is 1.30 bits per heavy atom. The molecule has 0 aliphatic heterocycles. The molecule has 0 unspecified atom stereocenters. The molecule has 0 radical (unpaired) electrons. The van der Waals surface area contributed by atoms with Gasteiger partial charge >= 0.3 is 0 Å². The second-order valence-electron chi connectivity index (χ2n) is 5.28. The van der Waals surface area contributed by atoms with Gasteiger partial charge in [-0.1, -0.05) is 34.8 Å². The number of halogens is 3. The monoisotopic (exact) mass is 338 g/mol. The summed E-state index contributed by atoms with van der Waals surface area (Å²) in [7, 11) is 1.74. The second-order valence-corrected chi connectivity index (χ2v) is 6.53. The highest BCUT2D eigenvalue weighted by Crippen LogP contribution is 2.33. The van der Waals surface area contributed by atoms with Gasteiger partial charge in [-0.05, 0) is 33.0 Å². The maximum Gasteiger partial charge on any atom is 0.238 e. The highest BCUT2D eigenvalue weighted by atomic mass is 35.5. The summed E-state index contributed by atoms with van der Waals surface area (Å²) < 4.78 is 0. The van der Waals surface area contributed by atoms with Crippen molar-refractivity contribution in [2.45, 2.75) is 19.4 Å². The molecule has 0 bridgehead atoms. The summed E-state index contributed by atoms with van der Waals surface area (Å²) in [5.74, 6) is -0.275. The number of aliphatic hydroxyl groups is 1. The Morgan fingerprint density at radius 2 is 1.80 bits per heavy atom. The number of likely N-dealkylation sites (N-methyl/N-ethyl adjacent to an activating group) is 1. The molecular formula is C13H17Cl3N2O2. The van der Waals surface area contributed by atoms with Crippen LogP contribution in [0.15, 0.2) is 12.1 Å². The third kappa shape index (κ3) is 5.85. The number of nitrogens with one attached hydrogen (secondary N) is 1. The minimum atomic E-state index is -0.870. The average Bonchev–Trinajstić information content (AvgIpc) is 2.20. The van der Waals surface area contributed by atoms with Crippen LogP contribution in [0, 0.1) is 0 Å². The topological polar surface area (TPSA) is 52.6 Å². The third-order valence-electron chi connectivity index (χ3n) is 2.34. The lowest BCUT2D eigenvalue weighted by Gasteiger charge is -2.25. The Morgan fingerprint density at radius 3 is 2.25 bits per heavy atom. The van der Waals surface area contributed by atoms with Crippen LogP contribution in [0.5, 0.6) is 0 Å². The lowest BCUT2D eigenvalue weighted by Crippen LogP contribution is -2.40. The zero-order valence-electron chi connectivity index (χ0n) is 11.5. The summed E-state index contributed by atoms with van der Waals surface area (Å²) in [6.07, 6.45) is 0. The molecule has 112 valence electrons. The molecule has 0 spiro atoms. The first-order chi connectivity index (χ1) is 9.08. The van der Waals surface area contributed by atoms with Crippen molar-refractivity contribution in [2.24, 2.45) is 0 Å². The van der Waals surface area contributed by atoms with Gasteiger partial charge in [0.05, 0.1) is 27.9 Å². The number of rotatable bonds is 5. The fourth-order valence-corrected chi connectivity index (χ4v) is 2.71. The van der Waals surface area contributed by atoms with Crippen molar-refractivity contribution in [3.63, 3.8) is 0 Å². The molecule has 0 aromatic heterocycles. The molecule has 0 saturated heterocycles. The van der Waals surface area contributed by atoms with Crippen molar-refractivity contribution in [2.75, 3.05) is 25.5 Å². The molecular weight excluding hydrogens is 323 g/mol. The van der Waals surface area contributed by atoms with Crippen LogP contribution in [0.4, 0.5) is 5.69 Å². The van der Waals surface area contributed by atoms with E-state index < -0.39 is 5.60 Å². The Kier molecular flexibility index (Phi) is 6.10. The summed E-state index contributed by atoms with van der Waals surface area (Å²) in [6.45, 7) is 3.82. The molecule has 1 rings (SSSR count). The predicted octanol–water partition coefficient (Wildman–Crippen LogP) is 3.29. The van der Waals surface area contributed by atoms with E-state index in [0.29, 0.717) is 17.3 Å². The Bertz CT molecular complexity index is 478. The van der Waals surface area contributed by atoms with Crippen molar-refractivity contribution in [1.82, 2.24) is 4.90 Å². The quantitative estimate of drug-likeness (QED) is 0.865. The van der Waals surface area contributed by atoms with Crippen LogP contribution >= 0.6 is 34.8 Å². The first-order valence-electron chi connectivity index (χ1n) is 5.94. The van der Waals surface area contributed by atoms with E-state index >= 15 is 0 Å². The van der Waals surface area contributed by atoms with E-state index in [2.05, 4.69) is 5.32 Å². The van der Waals surface area contributed by atoms with E-state index in [0.717, 1.165) is 0 Å². The molecule has 1 amide bonds. The molecule has 0 heterocycles. The normalized spacial score (nSPS) is 11.8. The Labute approximate surface area is 133 Å². The van der Waals surface area contributed by atoms with Crippen LogP contribution in [0.1, 0.15) is 13.8 Å². The number of benzene rings is 1. The van der Waals surface area contributed by atoms with E-state index in [1.165, 1.54) is 12.1 Å². The van der Waals surface area contributed by atoms with Gasteiger partial charge in [-0.15, -0.1) is 0 Å². The van der Waals surface area contributed by atoms with Crippen molar-refractivity contribution in [1.29, 1.82) is 0 Å². The van der Waals surface area contributed by atoms with Gasteiger partial charge in [0.15, 0.2) is 0 Å². The van der Waals surface area contributed by atoms with Gasteiger partial charge in [0.1, 0.15) is 0 Å². The van der Waals surface area contributed by atoms with Crippen molar-refractivity contribution >= 4 is 46.4 Å². The summed E-state index contributed by atoms with van der Waals surface area (Å²) in [6, 6.07) is 3.01. The lowest BCUT2D eigenvalue weighted by atomic mass is 10.1. The highest BCUT2D eigenvalue weighted by Gasteiger charge is 2.18. The Balaban J connectivity index is 2.68. The van der Waals surface area contributed by atoms with E-state index in [-0.39, 0.29) is 22.5 Å². The first kappa shape index (κ1) is 17.5. The number of carbonyl (C=O) groups is 1. The van der Waals surface area contributed by atoms with Crippen molar-refractivity contribution in [3.8, 4) is 0 Å². The number of nitrogens with zero attached hydrogens (tertiary/aromatic N) is 1. The number of amides is 1. The lowest BCUT2D eigenvalue weighted by molar-refractivity contribution is -0.117. The van der Waals surface area contributed by atoms with Gasteiger partial charge in [0.25, 0.3) is 0 Å². The first-order valence-corrected chi connectivity index (χ1v) is 7.07. The molecule has 1 aromatic rings. The van der Waals surface area contributed by atoms with E-state index in [1.807, 2.05) is 0 Å². The molecule has 0 saturated carbocycles. The third-order valence-corrected chi connectivity index (χ3v) is 3.16. The maximum atomic E-state index is 11.9. The van der Waals surface area contributed by atoms with E-state index in [1.54, 1.807) is 25.8 Å². The van der Waals surface area contributed by atoms with Gasteiger partial charge in [0, 0.05) is 11.6 Å². The summed E-state index contributed by atoms with van der Waals surface area (Å²) in [4.78, 5) is 13.6. The molecule has 0 aliphatic rings. The number of hydrogen-bond acceptors (Lipinski definition) is 3. The van der Waals surface area contributed by atoms with E-state index in [9.17, 15) is 9.90 Å². The number of hydrogen-bond donors (Lipinski definition) is 2. The molecule has 20 heavy (non-hydrogen) atoms. The summed E-state index contributed by atoms with van der Waals surface area (Å²) >= 11 is 17.8. The van der Waals surface area contributed by atoms with Crippen LogP contribution in [-0.4, -0.2) is 41.7 Å². The fourth-order valence-electron chi connectivity index (χ4n) is 1.80. The molecule has 7 heteroatoms. The molecule has 2 N–H and O–H groups in total. The molecule has 0 aliphatic carbocycles. The van der Waals surface area contributed by atoms with Gasteiger partial charge in [-0.25, -0.2) is 0 Å². The van der Waals surface area contributed by atoms with Crippen LogP contribution < -0.4 is 5.32 Å². The fraction of sp³-hybridized carbons (Fsp3) is 0.462. The standard InChI is InChI=1S/C13H17Cl3N2O2/c1-13(2,20)7-18(3)6-11(19)17-12-9(15)4-8(14)5-10(12)16/h4-5,20H,6-7H2,1-3H3,(H,17,19). The van der Waals surface area contributed by atoms with E-state index in [4.69, 9.17) is 34.8 Å². The molecule has 1 aromatic carbocycles. The van der Waals surface area contributed by atoms with Crippen molar-refractivity contribution in [3.05, 3.63) is 27.2 Å². The largest absolute Gasteiger partial charge is 0.389 e. The molecule has 0 atom stereocenters. The van der Waals surface area contributed by atoms with Crippen LogP contribution in [0.3, 0.4) is 0 Å². The van der Waals surface area contributed by atoms with Crippen LogP contribution in [0.2, 0.25) is 15.1 Å².